The molecule has 0 fully saturated rings. The Labute approximate surface area is 175 Å². The van der Waals surface area contributed by atoms with Gasteiger partial charge in [-0.3, -0.25) is 4.79 Å². The Hall–Kier alpha value is -2.42. The van der Waals surface area contributed by atoms with E-state index in [1.54, 1.807) is 24.3 Å². The average Bonchev–Trinajstić information content (AvgIpc) is 2.70. The molecule has 2 rings (SSSR count). The number of methoxy groups -OCH3 is 1. The van der Waals surface area contributed by atoms with Crippen LogP contribution in [0, 0.1) is 0 Å². The molecule has 7 nitrogen and oxygen atoms in total. The molecule has 1 amide bonds. The molecule has 9 heteroatoms. The molecule has 1 atom stereocenters. The Morgan fingerprint density at radius 2 is 1.86 bits per heavy atom. The smallest absolute Gasteiger partial charge is 0.337 e. The zero-order valence-corrected chi connectivity index (χ0v) is 18.0. The first-order chi connectivity index (χ1) is 13.7. The van der Waals surface area contributed by atoms with E-state index in [1.165, 1.54) is 38.3 Å². The lowest BCUT2D eigenvalue weighted by Gasteiger charge is -2.27. The van der Waals surface area contributed by atoms with Gasteiger partial charge in [0.2, 0.25) is 15.9 Å². The van der Waals surface area contributed by atoms with Crippen molar-refractivity contribution in [1.82, 2.24) is 4.31 Å². The number of amides is 1. The van der Waals surface area contributed by atoms with E-state index in [0.717, 1.165) is 4.31 Å². The fourth-order valence-electron chi connectivity index (χ4n) is 2.72. The van der Waals surface area contributed by atoms with Gasteiger partial charge in [0.25, 0.3) is 0 Å². The minimum atomic E-state index is -4.03. The van der Waals surface area contributed by atoms with E-state index in [9.17, 15) is 18.0 Å². The Kier molecular flexibility index (Phi) is 7.78. The van der Waals surface area contributed by atoms with E-state index in [0.29, 0.717) is 17.1 Å². The van der Waals surface area contributed by atoms with Crippen LogP contribution >= 0.6 is 11.6 Å². The van der Waals surface area contributed by atoms with Crippen LogP contribution in [-0.2, 0) is 19.6 Å². The molecular weight excluding hydrogens is 416 g/mol. The Morgan fingerprint density at radius 3 is 2.48 bits per heavy atom. The highest BCUT2D eigenvalue weighted by molar-refractivity contribution is 7.89. The second kappa shape index (κ2) is 9.87. The third-order valence-corrected chi connectivity index (χ3v) is 6.41. The molecule has 2 aromatic rings. The first-order valence-corrected chi connectivity index (χ1v) is 10.8. The summed E-state index contributed by atoms with van der Waals surface area (Å²) in [6, 6.07) is 11.1. The standard InChI is InChI=1S/C20H23ClN2O5S/c1-4-11-23(14(2)19(24)22-17-9-6-8-16(21)13-17)29(26,27)18-10-5-7-15(12-18)20(25)28-3/h5-10,12-14H,4,11H2,1-3H3,(H,22,24)/t14-/m1/s1. The minimum absolute atomic E-state index is 0.0868. The summed E-state index contributed by atoms with van der Waals surface area (Å²) >= 11 is 5.93. The van der Waals surface area contributed by atoms with Gasteiger partial charge in [-0.25, -0.2) is 13.2 Å². The SMILES string of the molecule is CCCN([C@H](C)C(=O)Nc1cccc(Cl)c1)S(=O)(=O)c1cccc(C(=O)OC)c1. The van der Waals surface area contributed by atoms with E-state index in [1.807, 2.05) is 6.92 Å². The number of anilines is 1. The van der Waals surface area contributed by atoms with Gasteiger partial charge in [-0.1, -0.05) is 30.7 Å². The molecule has 0 aromatic heterocycles. The molecule has 2 aromatic carbocycles. The average molecular weight is 439 g/mol. The van der Waals surface area contributed by atoms with Gasteiger partial charge in [-0.05, 0) is 49.7 Å². The van der Waals surface area contributed by atoms with Gasteiger partial charge >= 0.3 is 5.97 Å². The maximum absolute atomic E-state index is 13.2. The third-order valence-electron chi connectivity index (χ3n) is 4.21. The van der Waals surface area contributed by atoms with Crippen molar-refractivity contribution in [2.24, 2.45) is 0 Å². The number of halogens is 1. The van der Waals surface area contributed by atoms with Crippen LogP contribution in [0.4, 0.5) is 5.69 Å². The predicted molar refractivity (Wildman–Crippen MR) is 112 cm³/mol. The summed E-state index contributed by atoms with van der Waals surface area (Å²) in [5.41, 5.74) is 0.581. The van der Waals surface area contributed by atoms with Crippen molar-refractivity contribution >= 4 is 39.2 Å². The number of hydrogen-bond donors (Lipinski definition) is 1. The molecule has 0 radical (unpaired) electrons. The Balaban J connectivity index is 2.33. The molecule has 29 heavy (non-hydrogen) atoms. The maximum Gasteiger partial charge on any atom is 0.337 e. The number of carbonyl (C=O) groups excluding carboxylic acids is 2. The number of ether oxygens (including phenoxy) is 1. The molecule has 156 valence electrons. The van der Waals surface area contributed by atoms with Gasteiger partial charge < -0.3 is 10.1 Å². The lowest BCUT2D eigenvalue weighted by Crippen LogP contribution is -2.45. The van der Waals surface area contributed by atoms with Gasteiger partial charge in [0, 0.05) is 17.3 Å². The highest BCUT2D eigenvalue weighted by atomic mass is 35.5. The fourth-order valence-corrected chi connectivity index (χ4v) is 4.65. The number of hydrogen-bond acceptors (Lipinski definition) is 5. The van der Waals surface area contributed by atoms with Gasteiger partial charge in [-0.2, -0.15) is 4.31 Å². The fraction of sp³-hybridized carbons (Fsp3) is 0.300. The van der Waals surface area contributed by atoms with Crippen molar-refractivity contribution in [1.29, 1.82) is 0 Å². The van der Waals surface area contributed by atoms with Crippen LogP contribution in [0.1, 0.15) is 30.6 Å². The number of nitrogens with one attached hydrogen (secondary N) is 1. The molecule has 0 heterocycles. The molecule has 0 aliphatic heterocycles. The number of sulfonamides is 1. The van der Waals surface area contributed by atoms with Crippen molar-refractivity contribution in [3.05, 3.63) is 59.1 Å². The van der Waals surface area contributed by atoms with Crippen LogP contribution in [0.25, 0.3) is 0 Å². The summed E-state index contributed by atoms with van der Waals surface area (Å²) in [6.45, 7) is 3.46. The summed E-state index contributed by atoms with van der Waals surface area (Å²) < 4.78 is 32.2. The summed E-state index contributed by atoms with van der Waals surface area (Å²) in [7, 11) is -2.82. The summed E-state index contributed by atoms with van der Waals surface area (Å²) in [6.07, 6.45) is 0.505. The van der Waals surface area contributed by atoms with E-state index >= 15 is 0 Å². The molecule has 0 saturated heterocycles. The van der Waals surface area contributed by atoms with Crippen molar-refractivity contribution < 1.29 is 22.7 Å². The van der Waals surface area contributed by atoms with Gasteiger partial charge in [-0.15, -0.1) is 0 Å². The van der Waals surface area contributed by atoms with Crippen molar-refractivity contribution in [2.45, 2.75) is 31.2 Å². The quantitative estimate of drug-likeness (QED) is 0.636. The topological polar surface area (TPSA) is 92.8 Å². The van der Waals surface area contributed by atoms with Crippen molar-refractivity contribution in [3.8, 4) is 0 Å². The van der Waals surface area contributed by atoms with Crippen LogP contribution in [0.3, 0.4) is 0 Å². The molecule has 1 N–H and O–H groups in total. The van der Waals surface area contributed by atoms with Crippen LogP contribution < -0.4 is 5.32 Å². The summed E-state index contributed by atoms with van der Waals surface area (Å²) in [5.74, 6) is -1.13. The number of esters is 1. The molecule has 0 bridgehead atoms. The largest absolute Gasteiger partial charge is 0.465 e. The number of carbonyl (C=O) groups is 2. The van der Waals surface area contributed by atoms with Gasteiger partial charge in [0.05, 0.1) is 17.6 Å². The zero-order valence-electron chi connectivity index (χ0n) is 16.4. The molecule has 0 spiro atoms. The molecule has 0 saturated carbocycles. The molecule has 0 unspecified atom stereocenters. The van der Waals surface area contributed by atoms with E-state index in [4.69, 9.17) is 11.6 Å². The molecule has 0 aliphatic rings. The van der Waals surface area contributed by atoms with Gasteiger partial charge in [0.1, 0.15) is 6.04 Å². The van der Waals surface area contributed by atoms with Gasteiger partial charge in [0.15, 0.2) is 0 Å². The van der Waals surface area contributed by atoms with E-state index in [2.05, 4.69) is 10.1 Å². The number of benzene rings is 2. The van der Waals surface area contributed by atoms with Crippen LogP contribution in [0.15, 0.2) is 53.4 Å². The van der Waals surface area contributed by atoms with Crippen LogP contribution in [-0.4, -0.2) is 44.3 Å². The molecule has 0 aliphatic carbocycles. The van der Waals surface area contributed by atoms with Crippen molar-refractivity contribution in [3.63, 3.8) is 0 Å². The highest BCUT2D eigenvalue weighted by Crippen LogP contribution is 2.22. The number of nitrogens with zero attached hydrogens (tertiary/aromatic N) is 1. The number of rotatable bonds is 8. The second-order valence-electron chi connectivity index (χ2n) is 6.31. The second-order valence-corrected chi connectivity index (χ2v) is 8.64. The normalized spacial score (nSPS) is 12.4. The van der Waals surface area contributed by atoms with Crippen molar-refractivity contribution in [2.75, 3.05) is 19.0 Å². The first-order valence-electron chi connectivity index (χ1n) is 8.97. The lowest BCUT2D eigenvalue weighted by atomic mass is 10.2. The van der Waals surface area contributed by atoms with E-state index in [-0.39, 0.29) is 17.0 Å². The monoisotopic (exact) mass is 438 g/mol. The maximum atomic E-state index is 13.2. The minimum Gasteiger partial charge on any atom is -0.465 e. The lowest BCUT2D eigenvalue weighted by molar-refractivity contribution is -0.119. The van der Waals surface area contributed by atoms with Crippen LogP contribution in [0.5, 0.6) is 0 Å². The first kappa shape index (κ1) is 22.9. The Bertz CT molecular complexity index is 994. The summed E-state index contributed by atoms with van der Waals surface area (Å²) in [4.78, 5) is 24.4. The Morgan fingerprint density at radius 1 is 1.17 bits per heavy atom. The predicted octanol–water partition coefficient (Wildman–Crippen LogP) is 3.55. The van der Waals surface area contributed by atoms with E-state index < -0.39 is 27.9 Å². The summed E-state index contributed by atoms with van der Waals surface area (Å²) in [5, 5.41) is 3.13. The van der Waals surface area contributed by atoms with Crippen LogP contribution in [0.2, 0.25) is 5.02 Å². The zero-order chi connectivity index (χ0) is 21.6. The molecular formula is C20H23ClN2O5S. The third kappa shape index (κ3) is 5.56. The highest BCUT2D eigenvalue weighted by Gasteiger charge is 2.33.